The number of rotatable bonds is 11. The lowest BCUT2D eigenvalue weighted by Gasteiger charge is -2.41. The van der Waals surface area contributed by atoms with Crippen LogP contribution in [0.15, 0.2) is 116 Å². The summed E-state index contributed by atoms with van der Waals surface area (Å²) in [4.78, 5) is 0. The van der Waals surface area contributed by atoms with Crippen molar-refractivity contribution in [1.82, 2.24) is 0 Å². The second-order valence-corrected chi connectivity index (χ2v) is 17.0. The lowest BCUT2D eigenvalue weighted by atomic mass is 10.2. The number of hydrogen-bond donors (Lipinski definition) is 0. The van der Waals surface area contributed by atoms with Crippen LogP contribution < -0.4 is 13.3 Å². The van der Waals surface area contributed by atoms with E-state index in [-0.39, 0.29) is 16.8 Å². The zero-order chi connectivity index (χ0) is 31.5. The minimum Gasteiger partial charge on any atom is -0.480 e. The molecule has 0 aliphatic rings. The Morgan fingerprint density at radius 3 is 0.857 bits per heavy atom. The van der Waals surface area contributed by atoms with E-state index in [1.165, 1.54) is 0 Å². The Balaban J connectivity index is 0.000000309. The van der Waals surface area contributed by atoms with Gasteiger partial charge in [-0.3, -0.25) is 0 Å². The smallest absolute Gasteiger partial charge is 0.480 e. The SMILES string of the molecule is C=C[Si](OC(C)(C)C)(OC(C)(C)C)OC(C)(C)C.C=C[Si](Oc1ccccc1)(Oc1ccccc1)Oc1ccccc1. The molecule has 0 N–H and O–H groups in total. The van der Waals surface area contributed by atoms with E-state index in [4.69, 9.17) is 26.6 Å². The first-order chi connectivity index (χ1) is 19.5. The van der Waals surface area contributed by atoms with Gasteiger partial charge in [0.15, 0.2) is 0 Å². The molecule has 0 amide bonds. The Kier molecular flexibility index (Phi) is 12.4. The van der Waals surface area contributed by atoms with Gasteiger partial charge in [0.2, 0.25) is 0 Å². The molecule has 0 aliphatic carbocycles. The third-order valence-electron chi connectivity index (χ3n) is 4.86. The summed E-state index contributed by atoms with van der Waals surface area (Å²) in [6.07, 6.45) is 0. The Labute approximate surface area is 255 Å². The van der Waals surface area contributed by atoms with E-state index in [1.54, 1.807) is 11.4 Å². The molecule has 0 radical (unpaired) electrons. The van der Waals surface area contributed by atoms with E-state index < -0.39 is 17.6 Å². The molecule has 0 aliphatic heterocycles. The topological polar surface area (TPSA) is 55.4 Å². The van der Waals surface area contributed by atoms with E-state index >= 15 is 0 Å². The summed E-state index contributed by atoms with van der Waals surface area (Å²) in [6, 6.07) is 28.4. The fourth-order valence-electron chi connectivity index (χ4n) is 3.61. The van der Waals surface area contributed by atoms with E-state index in [1.807, 2.05) is 153 Å². The van der Waals surface area contributed by atoms with Crippen LogP contribution in [0, 0.1) is 0 Å². The van der Waals surface area contributed by atoms with Crippen molar-refractivity contribution in [2.45, 2.75) is 79.1 Å². The highest BCUT2D eigenvalue weighted by molar-refractivity contribution is 6.68. The van der Waals surface area contributed by atoms with Gasteiger partial charge in [0.25, 0.3) is 0 Å². The molecule has 42 heavy (non-hydrogen) atoms. The Bertz CT molecular complexity index is 1070. The molecule has 0 aromatic heterocycles. The third-order valence-corrected chi connectivity index (χ3v) is 10.1. The molecule has 6 nitrogen and oxygen atoms in total. The first kappa shape index (κ1) is 35.1. The average molecular weight is 609 g/mol. The quantitative estimate of drug-likeness (QED) is 0.203. The molecule has 3 rings (SSSR count). The third kappa shape index (κ3) is 13.2. The van der Waals surface area contributed by atoms with Crippen molar-refractivity contribution in [3.8, 4) is 17.2 Å². The molecule has 3 aromatic carbocycles. The molecule has 0 fully saturated rings. The van der Waals surface area contributed by atoms with Gasteiger partial charge in [0.1, 0.15) is 17.2 Å². The Hall–Kier alpha value is -3.15. The molecule has 0 saturated heterocycles. The maximum atomic E-state index is 6.14. The van der Waals surface area contributed by atoms with E-state index in [0.717, 1.165) is 0 Å². The highest BCUT2D eigenvalue weighted by Crippen LogP contribution is 2.29. The number of para-hydroxylation sites is 3. The molecule has 0 atom stereocenters. The fourth-order valence-corrected chi connectivity index (χ4v) is 8.32. The normalized spacial score (nSPS) is 12.4. The number of hydrogen-bond acceptors (Lipinski definition) is 6. The largest absolute Gasteiger partial charge is 0.728 e. The predicted molar refractivity (Wildman–Crippen MR) is 176 cm³/mol. The molecular formula is C34H48O6Si2. The minimum atomic E-state index is -3.23. The molecule has 0 spiro atoms. The highest BCUT2D eigenvalue weighted by atomic mass is 28.4. The van der Waals surface area contributed by atoms with Gasteiger partial charge in [-0.2, -0.15) is 0 Å². The van der Waals surface area contributed by atoms with Crippen molar-refractivity contribution in [2.24, 2.45) is 0 Å². The van der Waals surface area contributed by atoms with Gasteiger partial charge < -0.3 is 26.6 Å². The summed E-state index contributed by atoms with van der Waals surface area (Å²) >= 11 is 0. The summed E-state index contributed by atoms with van der Waals surface area (Å²) < 4.78 is 36.7. The summed E-state index contributed by atoms with van der Waals surface area (Å²) in [5, 5.41) is 0. The highest BCUT2D eigenvalue weighted by Gasteiger charge is 2.48. The molecule has 0 saturated carbocycles. The van der Waals surface area contributed by atoms with E-state index in [2.05, 4.69) is 13.2 Å². The zero-order valence-corrected chi connectivity index (χ0v) is 28.7. The average Bonchev–Trinajstić information content (AvgIpc) is 2.88. The zero-order valence-electron chi connectivity index (χ0n) is 26.7. The minimum absolute atomic E-state index is 0.336. The van der Waals surface area contributed by atoms with Crippen molar-refractivity contribution in [3.63, 3.8) is 0 Å². The van der Waals surface area contributed by atoms with Gasteiger partial charge >= 0.3 is 17.6 Å². The summed E-state index contributed by atoms with van der Waals surface area (Å²) in [6.45, 7) is 25.7. The van der Waals surface area contributed by atoms with Gasteiger partial charge in [-0.25, -0.2) is 0 Å². The summed E-state index contributed by atoms with van der Waals surface area (Å²) in [7, 11) is -6.14. The van der Waals surface area contributed by atoms with Crippen LogP contribution >= 0.6 is 0 Å². The van der Waals surface area contributed by atoms with Crippen LogP contribution in [0.3, 0.4) is 0 Å². The maximum Gasteiger partial charge on any atom is 0.728 e. The predicted octanol–water partition coefficient (Wildman–Crippen LogP) is 8.98. The van der Waals surface area contributed by atoms with Gasteiger partial charge in [-0.15, -0.1) is 0 Å². The van der Waals surface area contributed by atoms with Crippen molar-refractivity contribution in [1.29, 1.82) is 0 Å². The molecule has 3 aromatic rings. The maximum absolute atomic E-state index is 6.14. The molecule has 0 unspecified atom stereocenters. The fraction of sp³-hybridized carbons (Fsp3) is 0.353. The molecule has 8 heteroatoms. The molecular weight excluding hydrogens is 561 g/mol. The number of benzene rings is 3. The monoisotopic (exact) mass is 608 g/mol. The molecule has 0 bridgehead atoms. The van der Waals surface area contributed by atoms with Crippen LogP contribution in [0.2, 0.25) is 0 Å². The lowest BCUT2D eigenvalue weighted by Crippen LogP contribution is -2.56. The van der Waals surface area contributed by atoms with E-state index in [0.29, 0.717) is 17.2 Å². The van der Waals surface area contributed by atoms with Crippen LogP contribution in [0.4, 0.5) is 0 Å². The standard InChI is InChI=1S/C20H18O3Si.C14H30O3Si/c1-2-24(21-18-12-6-3-7-13-18,22-19-14-8-4-9-15-19)23-20-16-10-5-11-17-20;1-11-18(15-12(2,3)4,16-13(5,6)7)17-14(8,9)10/h2-17H,1H2;11H,1H2,2-10H3. The van der Waals surface area contributed by atoms with Crippen molar-refractivity contribution < 1.29 is 26.6 Å². The van der Waals surface area contributed by atoms with Gasteiger partial charge in [-0.05, 0) is 104 Å². The summed E-state index contributed by atoms with van der Waals surface area (Å²) in [5.41, 5.74) is 2.35. The second-order valence-electron chi connectivity index (χ2n) is 12.5. The Morgan fingerprint density at radius 2 is 0.667 bits per heavy atom. The van der Waals surface area contributed by atoms with Crippen molar-refractivity contribution in [2.75, 3.05) is 0 Å². The first-order valence-corrected chi connectivity index (χ1v) is 17.7. The molecule has 0 heterocycles. The van der Waals surface area contributed by atoms with Gasteiger partial charge in [0.05, 0.1) is 16.8 Å². The second kappa shape index (κ2) is 14.8. The first-order valence-electron chi connectivity index (χ1n) is 14.1. The molecule has 228 valence electrons. The summed E-state index contributed by atoms with van der Waals surface area (Å²) in [5.74, 6) is 2.03. The Morgan fingerprint density at radius 1 is 0.429 bits per heavy atom. The lowest BCUT2D eigenvalue weighted by molar-refractivity contribution is -0.0666. The van der Waals surface area contributed by atoms with Crippen LogP contribution in [0.1, 0.15) is 62.3 Å². The van der Waals surface area contributed by atoms with E-state index in [9.17, 15) is 0 Å². The van der Waals surface area contributed by atoms with Crippen LogP contribution in [0.5, 0.6) is 17.2 Å². The van der Waals surface area contributed by atoms with Crippen LogP contribution in [0.25, 0.3) is 0 Å². The van der Waals surface area contributed by atoms with Crippen molar-refractivity contribution >= 4 is 17.6 Å². The van der Waals surface area contributed by atoms with Gasteiger partial charge in [0, 0.05) is 5.70 Å². The van der Waals surface area contributed by atoms with Crippen molar-refractivity contribution in [3.05, 3.63) is 116 Å². The van der Waals surface area contributed by atoms with Crippen LogP contribution in [-0.2, 0) is 13.3 Å². The van der Waals surface area contributed by atoms with Crippen LogP contribution in [-0.4, -0.2) is 34.4 Å². The van der Waals surface area contributed by atoms with Gasteiger partial charge in [-0.1, -0.05) is 67.8 Å².